The third-order valence-corrected chi connectivity index (χ3v) is 3.00. The van der Waals surface area contributed by atoms with Crippen molar-refractivity contribution in [1.82, 2.24) is 10.6 Å². The number of benzene rings is 1. The minimum atomic E-state index is -0.689. The van der Waals surface area contributed by atoms with E-state index in [9.17, 15) is 14.4 Å². The van der Waals surface area contributed by atoms with Gasteiger partial charge >= 0.3 is 12.0 Å². The molecule has 0 bridgehead atoms. The van der Waals surface area contributed by atoms with Crippen LogP contribution in [0.2, 0.25) is 5.02 Å². The average Bonchev–Trinajstić information content (AvgIpc) is 2.51. The summed E-state index contributed by atoms with van der Waals surface area (Å²) < 4.78 is 10.3. The topological polar surface area (TPSA) is 93.7 Å². The second kappa shape index (κ2) is 9.68. The molecule has 1 aromatic carbocycles. The maximum atomic E-state index is 11.4. The molecular formula is C15H19ClN2O5. The molecule has 2 N–H and O–H groups in total. The summed E-state index contributed by atoms with van der Waals surface area (Å²) in [5, 5.41) is 4.83. The Kier molecular flexibility index (Phi) is 7.90. The van der Waals surface area contributed by atoms with E-state index in [0.717, 1.165) is 5.56 Å². The number of aryl methyl sites for hydroxylation is 1. The molecule has 0 atom stereocenters. The molecule has 126 valence electrons. The molecule has 1 rings (SSSR count). The number of urea groups is 1. The molecule has 0 saturated heterocycles. The second-order valence-electron chi connectivity index (χ2n) is 4.65. The number of hydrogen-bond acceptors (Lipinski definition) is 5. The van der Waals surface area contributed by atoms with E-state index in [1.54, 1.807) is 18.2 Å². The van der Waals surface area contributed by atoms with Gasteiger partial charge in [0.05, 0.1) is 6.61 Å². The molecule has 0 aliphatic heterocycles. The molecular weight excluding hydrogens is 324 g/mol. The first kappa shape index (κ1) is 18.8. The van der Waals surface area contributed by atoms with E-state index in [-0.39, 0.29) is 6.42 Å². The van der Waals surface area contributed by atoms with Crippen LogP contribution in [0, 0.1) is 6.92 Å². The van der Waals surface area contributed by atoms with E-state index in [1.165, 1.54) is 7.05 Å². The molecule has 0 aliphatic carbocycles. The standard InChI is InChI=1S/C15H19ClN2O5/c1-10-8-11(16)5-6-12(10)22-7-3-4-14(20)23-9-13(19)18-15(21)17-2/h5-6,8H,3-4,7,9H2,1-2H3,(H2,17,18,19,21). The van der Waals surface area contributed by atoms with Crippen LogP contribution in [0.1, 0.15) is 18.4 Å². The highest BCUT2D eigenvalue weighted by atomic mass is 35.5. The van der Waals surface area contributed by atoms with Gasteiger partial charge in [0.15, 0.2) is 6.61 Å². The van der Waals surface area contributed by atoms with Gasteiger partial charge in [-0.05, 0) is 37.1 Å². The van der Waals surface area contributed by atoms with Gasteiger partial charge in [0.2, 0.25) is 0 Å². The highest BCUT2D eigenvalue weighted by molar-refractivity contribution is 6.30. The van der Waals surface area contributed by atoms with Gasteiger partial charge in [-0.2, -0.15) is 0 Å². The maximum absolute atomic E-state index is 11.4. The fourth-order valence-electron chi connectivity index (χ4n) is 1.62. The van der Waals surface area contributed by atoms with Crippen molar-refractivity contribution in [2.75, 3.05) is 20.3 Å². The van der Waals surface area contributed by atoms with Crippen LogP contribution in [-0.4, -0.2) is 38.2 Å². The molecule has 1 aromatic rings. The second-order valence-corrected chi connectivity index (χ2v) is 5.09. The largest absolute Gasteiger partial charge is 0.493 e. The summed E-state index contributed by atoms with van der Waals surface area (Å²) in [6.07, 6.45) is 0.553. The van der Waals surface area contributed by atoms with Crippen molar-refractivity contribution < 1.29 is 23.9 Å². The normalized spacial score (nSPS) is 9.87. The molecule has 0 spiro atoms. The third-order valence-electron chi connectivity index (χ3n) is 2.76. The fraction of sp³-hybridized carbons (Fsp3) is 0.400. The molecule has 3 amide bonds. The zero-order valence-electron chi connectivity index (χ0n) is 13.0. The van der Waals surface area contributed by atoms with Gasteiger partial charge in [-0.3, -0.25) is 14.9 Å². The van der Waals surface area contributed by atoms with E-state index in [0.29, 0.717) is 23.8 Å². The lowest BCUT2D eigenvalue weighted by Gasteiger charge is -2.09. The molecule has 0 radical (unpaired) electrons. The van der Waals surface area contributed by atoms with Crippen LogP contribution in [0.3, 0.4) is 0 Å². The van der Waals surface area contributed by atoms with Gasteiger partial charge in [0, 0.05) is 18.5 Å². The van der Waals surface area contributed by atoms with Crippen LogP contribution in [0.4, 0.5) is 4.79 Å². The number of hydrogen-bond donors (Lipinski definition) is 2. The molecule has 0 fully saturated rings. The lowest BCUT2D eigenvalue weighted by molar-refractivity contribution is -0.148. The number of halogens is 1. The molecule has 23 heavy (non-hydrogen) atoms. The zero-order valence-corrected chi connectivity index (χ0v) is 13.7. The van der Waals surface area contributed by atoms with Crippen LogP contribution < -0.4 is 15.4 Å². The van der Waals surface area contributed by atoms with Crippen molar-refractivity contribution >= 4 is 29.5 Å². The summed E-state index contributed by atoms with van der Waals surface area (Å²) >= 11 is 5.85. The Labute approximate surface area is 139 Å². The van der Waals surface area contributed by atoms with Crippen molar-refractivity contribution in [3.8, 4) is 5.75 Å². The summed E-state index contributed by atoms with van der Waals surface area (Å²) in [4.78, 5) is 33.5. The minimum absolute atomic E-state index is 0.111. The van der Waals surface area contributed by atoms with E-state index in [2.05, 4.69) is 5.32 Å². The van der Waals surface area contributed by atoms with Crippen LogP contribution in [0.15, 0.2) is 18.2 Å². The lowest BCUT2D eigenvalue weighted by atomic mass is 10.2. The maximum Gasteiger partial charge on any atom is 0.321 e. The quantitative estimate of drug-likeness (QED) is 0.582. The highest BCUT2D eigenvalue weighted by Gasteiger charge is 2.10. The third kappa shape index (κ3) is 7.51. The lowest BCUT2D eigenvalue weighted by Crippen LogP contribution is -2.39. The van der Waals surface area contributed by atoms with Gasteiger partial charge in [-0.25, -0.2) is 4.79 Å². The van der Waals surface area contributed by atoms with Crippen molar-refractivity contribution in [3.63, 3.8) is 0 Å². The Balaban J connectivity index is 2.19. The number of carbonyl (C=O) groups is 3. The molecule has 0 unspecified atom stereocenters. The first-order chi connectivity index (χ1) is 10.9. The van der Waals surface area contributed by atoms with E-state index in [4.69, 9.17) is 21.1 Å². The summed E-state index contributed by atoms with van der Waals surface area (Å²) in [6, 6.07) is 4.62. The van der Waals surface area contributed by atoms with Gasteiger partial charge in [-0.1, -0.05) is 11.6 Å². The number of imide groups is 1. The number of amides is 3. The number of rotatable bonds is 7. The van der Waals surface area contributed by atoms with E-state index < -0.39 is 24.5 Å². The van der Waals surface area contributed by atoms with Crippen molar-refractivity contribution in [3.05, 3.63) is 28.8 Å². The van der Waals surface area contributed by atoms with Gasteiger partial charge in [0.25, 0.3) is 5.91 Å². The fourth-order valence-corrected chi connectivity index (χ4v) is 1.84. The SMILES string of the molecule is CNC(=O)NC(=O)COC(=O)CCCOc1ccc(Cl)cc1C. The smallest absolute Gasteiger partial charge is 0.321 e. The molecule has 0 heterocycles. The number of nitrogens with one attached hydrogen (secondary N) is 2. The van der Waals surface area contributed by atoms with Crippen LogP contribution in [0.25, 0.3) is 0 Å². The Morgan fingerprint density at radius 1 is 1.26 bits per heavy atom. The number of carbonyl (C=O) groups excluding carboxylic acids is 3. The van der Waals surface area contributed by atoms with Crippen LogP contribution in [-0.2, 0) is 14.3 Å². The van der Waals surface area contributed by atoms with Crippen LogP contribution in [0.5, 0.6) is 5.75 Å². The molecule has 8 heteroatoms. The zero-order chi connectivity index (χ0) is 17.2. The van der Waals surface area contributed by atoms with Gasteiger partial charge < -0.3 is 14.8 Å². The molecule has 7 nitrogen and oxygen atoms in total. The summed E-state index contributed by atoms with van der Waals surface area (Å²) in [5.41, 5.74) is 0.908. The molecule has 0 saturated carbocycles. The number of ether oxygens (including phenoxy) is 2. The molecule has 0 aliphatic rings. The number of esters is 1. The van der Waals surface area contributed by atoms with Gasteiger partial charge in [-0.15, -0.1) is 0 Å². The molecule has 0 aromatic heterocycles. The summed E-state index contributed by atoms with van der Waals surface area (Å²) in [7, 11) is 1.37. The predicted molar refractivity (Wildman–Crippen MR) is 84.5 cm³/mol. The van der Waals surface area contributed by atoms with Crippen LogP contribution >= 0.6 is 11.6 Å². The van der Waals surface area contributed by atoms with E-state index in [1.807, 2.05) is 12.2 Å². The highest BCUT2D eigenvalue weighted by Crippen LogP contribution is 2.21. The summed E-state index contributed by atoms with van der Waals surface area (Å²) in [5.74, 6) is -0.521. The summed E-state index contributed by atoms with van der Waals surface area (Å²) in [6.45, 7) is 1.71. The monoisotopic (exact) mass is 342 g/mol. The van der Waals surface area contributed by atoms with E-state index >= 15 is 0 Å². The Hall–Kier alpha value is -2.28. The Morgan fingerprint density at radius 2 is 2.00 bits per heavy atom. The Morgan fingerprint density at radius 3 is 2.65 bits per heavy atom. The first-order valence-electron chi connectivity index (χ1n) is 6.98. The minimum Gasteiger partial charge on any atom is -0.493 e. The van der Waals surface area contributed by atoms with Crippen molar-refractivity contribution in [1.29, 1.82) is 0 Å². The predicted octanol–water partition coefficient (Wildman–Crippen LogP) is 1.81. The van der Waals surface area contributed by atoms with Crippen molar-refractivity contribution in [2.45, 2.75) is 19.8 Å². The average molecular weight is 343 g/mol. The van der Waals surface area contributed by atoms with Gasteiger partial charge in [0.1, 0.15) is 5.75 Å². The van der Waals surface area contributed by atoms with Crippen molar-refractivity contribution in [2.24, 2.45) is 0 Å². The first-order valence-corrected chi connectivity index (χ1v) is 7.36. The Bertz CT molecular complexity index is 577.